The highest BCUT2D eigenvalue weighted by molar-refractivity contribution is 7.17. The fourth-order valence-electron chi connectivity index (χ4n) is 1.69. The molecule has 23 heavy (non-hydrogen) atoms. The molecule has 0 aliphatic rings. The average Bonchev–Trinajstić information content (AvgIpc) is 2.87. The van der Waals surface area contributed by atoms with E-state index in [9.17, 15) is 9.59 Å². The number of amides is 1. The van der Waals surface area contributed by atoms with E-state index in [-0.39, 0.29) is 0 Å². The van der Waals surface area contributed by atoms with Crippen LogP contribution >= 0.6 is 34.5 Å². The second kappa shape index (κ2) is 7.59. The van der Waals surface area contributed by atoms with Crippen LogP contribution in [0.2, 0.25) is 10.0 Å². The highest BCUT2D eigenvalue weighted by atomic mass is 35.5. The zero-order valence-corrected chi connectivity index (χ0v) is 14.6. The van der Waals surface area contributed by atoms with Gasteiger partial charge in [-0.25, -0.2) is 9.78 Å². The van der Waals surface area contributed by atoms with Crippen molar-refractivity contribution < 1.29 is 14.3 Å². The third-order valence-electron chi connectivity index (χ3n) is 2.77. The van der Waals surface area contributed by atoms with E-state index in [1.165, 1.54) is 13.2 Å². The molecule has 0 spiro atoms. The Kier molecular flexibility index (Phi) is 5.76. The van der Waals surface area contributed by atoms with Gasteiger partial charge in [-0.3, -0.25) is 10.1 Å². The molecule has 1 aromatic carbocycles. The second-order valence-electron chi connectivity index (χ2n) is 4.41. The molecule has 0 radical (unpaired) electrons. The summed E-state index contributed by atoms with van der Waals surface area (Å²) in [5, 5.41) is 3.90. The van der Waals surface area contributed by atoms with Gasteiger partial charge in [-0.05, 0) is 36.8 Å². The van der Waals surface area contributed by atoms with Gasteiger partial charge in [0.2, 0.25) is 5.91 Å². The van der Waals surface area contributed by atoms with Crippen LogP contribution in [0.1, 0.15) is 20.9 Å². The van der Waals surface area contributed by atoms with Gasteiger partial charge < -0.3 is 4.74 Å². The van der Waals surface area contributed by atoms with Crippen molar-refractivity contribution in [1.29, 1.82) is 0 Å². The number of benzene rings is 1. The lowest BCUT2D eigenvalue weighted by molar-refractivity contribution is -0.111. The van der Waals surface area contributed by atoms with E-state index >= 15 is 0 Å². The molecule has 0 bridgehead atoms. The Balaban J connectivity index is 2.09. The monoisotopic (exact) mass is 370 g/mol. The first-order valence-corrected chi connectivity index (χ1v) is 7.98. The van der Waals surface area contributed by atoms with Crippen LogP contribution in [0.15, 0.2) is 24.3 Å². The van der Waals surface area contributed by atoms with Crippen LogP contribution in [0.3, 0.4) is 0 Å². The van der Waals surface area contributed by atoms with Crippen LogP contribution in [0.4, 0.5) is 5.13 Å². The summed E-state index contributed by atoms with van der Waals surface area (Å²) in [5.41, 5.74) is 1.12. The number of nitrogens with one attached hydrogen (secondary N) is 1. The first-order valence-electron chi connectivity index (χ1n) is 6.40. The van der Waals surface area contributed by atoms with Gasteiger partial charge in [0.15, 0.2) is 5.13 Å². The number of methoxy groups -OCH3 is 1. The number of hydrogen-bond donors (Lipinski definition) is 1. The highest BCUT2D eigenvalue weighted by Gasteiger charge is 2.16. The van der Waals surface area contributed by atoms with Crippen LogP contribution < -0.4 is 5.32 Å². The molecule has 2 rings (SSSR count). The molecular weight excluding hydrogens is 359 g/mol. The minimum absolute atomic E-state index is 0.315. The molecule has 0 saturated heterocycles. The van der Waals surface area contributed by atoms with Crippen LogP contribution in [-0.4, -0.2) is 24.0 Å². The number of thiazole rings is 1. The Bertz CT molecular complexity index is 787. The number of carbonyl (C=O) groups is 2. The quantitative estimate of drug-likeness (QED) is 0.646. The van der Waals surface area contributed by atoms with Crippen molar-refractivity contribution in [3.8, 4) is 0 Å². The normalized spacial score (nSPS) is 10.8. The molecule has 0 aliphatic heterocycles. The third-order valence-corrected chi connectivity index (χ3v) is 4.40. The molecule has 0 fully saturated rings. The lowest BCUT2D eigenvalue weighted by Gasteiger charge is -1.99. The van der Waals surface area contributed by atoms with E-state index in [1.54, 1.807) is 31.2 Å². The fourth-order valence-corrected chi connectivity index (χ4v) is 2.94. The lowest BCUT2D eigenvalue weighted by Crippen LogP contribution is -2.07. The van der Waals surface area contributed by atoms with Crippen LogP contribution in [-0.2, 0) is 9.53 Å². The number of hydrogen-bond acceptors (Lipinski definition) is 5. The summed E-state index contributed by atoms with van der Waals surface area (Å²) < 4.78 is 4.64. The van der Waals surface area contributed by atoms with Crippen molar-refractivity contribution in [2.75, 3.05) is 12.4 Å². The first-order chi connectivity index (χ1) is 10.9. The molecule has 0 atom stereocenters. The van der Waals surface area contributed by atoms with Gasteiger partial charge in [-0.15, -0.1) is 0 Å². The molecular formula is C15H12Cl2N2O3S. The SMILES string of the molecule is COC(=O)c1sc(NC(=O)/C=C/c2cc(Cl)ccc2Cl)nc1C. The zero-order chi connectivity index (χ0) is 17.0. The summed E-state index contributed by atoms with van der Waals surface area (Å²) in [6, 6.07) is 4.96. The number of ether oxygens (including phenoxy) is 1. The van der Waals surface area contributed by atoms with Crippen molar-refractivity contribution in [3.63, 3.8) is 0 Å². The number of carbonyl (C=O) groups excluding carboxylic acids is 2. The average molecular weight is 371 g/mol. The van der Waals surface area contributed by atoms with Crippen molar-refractivity contribution >= 4 is 57.6 Å². The molecule has 2 aromatic rings. The summed E-state index contributed by atoms with van der Waals surface area (Å²) in [4.78, 5) is 27.9. The standard InChI is InChI=1S/C15H12Cl2N2O3S/c1-8-13(14(21)22-2)23-15(18-8)19-12(20)6-3-9-7-10(16)4-5-11(9)17/h3-7H,1-2H3,(H,18,19,20)/b6-3+. The van der Waals surface area contributed by atoms with Gasteiger partial charge >= 0.3 is 5.97 Å². The topological polar surface area (TPSA) is 68.3 Å². The molecule has 1 amide bonds. The van der Waals surface area contributed by atoms with E-state index in [0.717, 1.165) is 11.3 Å². The molecule has 0 aliphatic carbocycles. The smallest absolute Gasteiger partial charge is 0.350 e. The number of anilines is 1. The molecule has 5 nitrogen and oxygen atoms in total. The Hall–Kier alpha value is -1.89. The van der Waals surface area contributed by atoms with E-state index < -0.39 is 11.9 Å². The van der Waals surface area contributed by atoms with E-state index in [1.807, 2.05) is 0 Å². The number of esters is 1. The van der Waals surface area contributed by atoms with Gasteiger partial charge in [-0.2, -0.15) is 0 Å². The summed E-state index contributed by atoms with van der Waals surface area (Å²) in [7, 11) is 1.29. The van der Waals surface area contributed by atoms with Gasteiger partial charge in [0.1, 0.15) is 4.88 Å². The summed E-state index contributed by atoms with van der Waals surface area (Å²) >= 11 is 12.9. The van der Waals surface area contributed by atoms with Gasteiger partial charge in [-0.1, -0.05) is 34.5 Å². The van der Waals surface area contributed by atoms with Crippen LogP contribution in [0.25, 0.3) is 6.08 Å². The third kappa shape index (κ3) is 4.54. The maximum atomic E-state index is 11.9. The van der Waals surface area contributed by atoms with Crippen molar-refractivity contribution in [2.24, 2.45) is 0 Å². The predicted octanol–water partition coefficient (Wildman–Crippen LogP) is 4.20. The van der Waals surface area contributed by atoms with Crippen molar-refractivity contribution in [2.45, 2.75) is 6.92 Å². The molecule has 0 unspecified atom stereocenters. The maximum absolute atomic E-state index is 11.9. The van der Waals surface area contributed by atoms with E-state index in [4.69, 9.17) is 23.2 Å². The fraction of sp³-hybridized carbons (Fsp3) is 0.133. The second-order valence-corrected chi connectivity index (χ2v) is 6.26. The Labute approximate surface area is 146 Å². The molecule has 1 N–H and O–H groups in total. The van der Waals surface area contributed by atoms with Crippen molar-refractivity contribution in [3.05, 3.63) is 50.5 Å². The van der Waals surface area contributed by atoms with E-state index in [0.29, 0.717) is 31.3 Å². The number of aryl methyl sites for hydroxylation is 1. The van der Waals surface area contributed by atoms with Crippen LogP contribution in [0, 0.1) is 6.92 Å². The van der Waals surface area contributed by atoms with E-state index in [2.05, 4.69) is 15.0 Å². The number of halogens is 2. The zero-order valence-electron chi connectivity index (χ0n) is 12.2. The molecule has 1 heterocycles. The van der Waals surface area contributed by atoms with Crippen LogP contribution in [0.5, 0.6) is 0 Å². The van der Waals surface area contributed by atoms with Crippen molar-refractivity contribution in [1.82, 2.24) is 4.98 Å². The number of rotatable bonds is 4. The number of aromatic nitrogens is 1. The summed E-state index contributed by atoms with van der Waals surface area (Å²) in [6.45, 7) is 1.67. The predicted molar refractivity (Wildman–Crippen MR) is 92.3 cm³/mol. The maximum Gasteiger partial charge on any atom is 0.350 e. The molecule has 1 aromatic heterocycles. The van der Waals surface area contributed by atoms with Gasteiger partial charge in [0.05, 0.1) is 12.8 Å². The molecule has 0 saturated carbocycles. The van der Waals surface area contributed by atoms with Gasteiger partial charge in [0.25, 0.3) is 0 Å². The minimum Gasteiger partial charge on any atom is -0.465 e. The number of nitrogens with zero attached hydrogens (tertiary/aromatic N) is 1. The first kappa shape index (κ1) is 17.5. The Morgan fingerprint density at radius 2 is 2.09 bits per heavy atom. The largest absolute Gasteiger partial charge is 0.465 e. The molecule has 120 valence electrons. The highest BCUT2D eigenvalue weighted by Crippen LogP contribution is 2.24. The molecule has 8 heteroatoms. The summed E-state index contributed by atoms with van der Waals surface area (Å²) in [5.74, 6) is -0.882. The Morgan fingerprint density at radius 1 is 1.35 bits per heavy atom. The summed E-state index contributed by atoms with van der Waals surface area (Å²) in [6.07, 6.45) is 2.86. The lowest BCUT2D eigenvalue weighted by atomic mass is 10.2. The minimum atomic E-state index is -0.484. The Morgan fingerprint density at radius 3 is 2.78 bits per heavy atom. The van der Waals surface area contributed by atoms with Gasteiger partial charge in [0, 0.05) is 16.1 Å².